The Labute approximate surface area is 192 Å². The van der Waals surface area contributed by atoms with E-state index in [2.05, 4.69) is 35.6 Å². The molecule has 6 rings (SSSR count). The number of hydrogen-bond donors (Lipinski definition) is 1. The van der Waals surface area contributed by atoms with Crippen molar-refractivity contribution in [2.45, 2.75) is 32.1 Å². The van der Waals surface area contributed by atoms with Gasteiger partial charge in [0, 0.05) is 16.5 Å². The van der Waals surface area contributed by atoms with Crippen molar-refractivity contribution in [3.8, 4) is 16.3 Å². The maximum Gasteiger partial charge on any atom is 0.188 e. The highest BCUT2D eigenvalue weighted by molar-refractivity contribution is 7.24. The molecule has 31 heavy (non-hydrogen) atoms. The minimum atomic E-state index is 0.836. The average molecular weight is 464 g/mol. The molecule has 2 aromatic carbocycles. The van der Waals surface area contributed by atoms with Crippen LogP contribution in [-0.4, -0.2) is 17.1 Å². The van der Waals surface area contributed by atoms with Gasteiger partial charge in [0.1, 0.15) is 15.8 Å². The van der Waals surface area contributed by atoms with Crippen LogP contribution in [0.25, 0.3) is 31.0 Å². The van der Waals surface area contributed by atoms with E-state index < -0.39 is 0 Å². The molecule has 3 aromatic heterocycles. The van der Waals surface area contributed by atoms with Crippen molar-refractivity contribution in [3.05, 3.63) is 52.9 Å². The molecular weight excluding hydrogens is 442 g/mol. The molecule has 0 saturated carbocycles. The lowest BCUT2D eigenvalue weighted by molar-refractivity contribution is 0.415. The van der Waals surface area contributed by atoms with Gasteiger partial charge in [-0.2, -0.15) is 0 Å². The predicted molar refractivity (Wildman–Crippen MR) is 134 cm³/mol. The molecule has 5 aromatic rings. The molecule has 0 aliphatic heterocycles. The Morgan fingerprint density at radius 3 is 2.65 bits per heavy atom. The summed E-state index contributed by atoms with van der Waals surface area (Å²) in [4.78, 5) is 11.4. The number of nitrogens with zero attached hydrogens (tertiary/aromatic N) is 2. The van der Waals surface area contributed by atoms with Crippen LogP contribution in [0.15, 0.2) is 42.5 Å². The average Bonchev–Trinajstić information content (AvgIpc) is 3.43. The molecule has 0 radical (unpaired) electrons. The highest BCUT2D eigenvalue weighted by Gasteiger charge is 2.24. The van der Waals surface area contributed by atoms with Crippen LogP contribution in [0.5, 0.6) is 5.75 Å². The van der Waals surface area contributed by atoms with E-state index in [1.54, 1.807) is 29.8 Å². The normalized spacial score (nSPS) is 14.0. The van der Waals surface area contributed by atoms with Gasteiger partial charge in [0.25, 0.3) is 0 Å². The number of rotatable bonds is 4. The molecule has 7 heteroatoms. The van der Waals surface area contributed by atoms with Crippen molar-refractivity contribution in [2.75, 3.05) is 12.4 Å². The second-order valence-electron chi connectivity index (χ2n) is 7.73. The molecule has 156 valence electrons. The summed E-state index contributed by atoms with van der Waals surface area (Å²) in [6.07, 6.45) is 6.13. The van der Waals surface area contributed by atoms with Crippen molar-refractivity contribution >= 4 is 64.6 Å². The van der Waals surface area contributed by atoms with Crippen LogP contribution >= 0.6 is 34.0 Å². The third kappa shape index (κ3) is 3.50. The summed E-state index contributed by atoms with van der Waals surface area (Å²) in [5.41, 5.74) is 4.83. The van der Waals surface area contributed by atoms with Gasteiger partial charge in [-0.1, -0.05) is 29.9 Å². The zero-order valence-corrected chi connectivity index (χ0v) is 19.6. The van der Waals surface area contributed by atoms with E-state index in [9.17, 15) is 0 Å². The number of ether oxygens (including phenoxy) is 1. The van der Waals surface area contributed by atoms with Crippen molar-refractivity contribution < 1.29 is 4.74 Å². The maximum atomic E-state index is 5.36. The summed E-state index contributed by atoms with van der Waals surface area (Å²) in [6.45, 7) is 0. The molecule has 1 N–H and O–H groups in total. The Morgan fingerprint density at radius 2 is 1.74 bits per heavy atom. The lowest BCUT2D eigenvalue weighted by atomic mass is 10.1. The second-order valence-corrected chi connectivity index (χ2v) is 10.9. The lowest BCUT2D eigenvalue weighted by Crippen LogP contribution is -1.92. The van der Waals surface area contributed by atoms with Gasteiger partial charge >= 0.3 is 0 Å². The maximum absolute atomic E-state index is 5.36. The molecule has 0 saturated heterocycles. The minimum Gasteiger partial charge on any atom is -0.497 e. The number of thiazole rings is 2. The van der Waals surface area contributed by atoms with E-state index in [1.807, 2.05) is 23.5 Å². The Balaban J connectivity index is 1.46. The molecule has 0 bridgehead atoms. The summed E-state index contributed by atoms with van der Waals surface area (Å²) < 4.78 is 7.76. The van der Waals surface area contributed by atoms with Crippen molar-refractivity contribution in [1.29, 1.82) is 0 Å². The first-order valence-corrected chi connectivity index (χ1v) is 13.0. The minimum absolute atomic E-state index is 0.836. The number of thiophene rings is 1. The number of anilines is 2. The monoisotopic (exact) mass is 463 g/mol. The molecule has 1 aliphatic rings. The van der Waals surface area contributed by atoms with Crippen molar-refractivity contribution in [2.24, 2.45) is 0 Å². The zero-order chi connectivity index (χ0) is 20.8. The fraction of sp³-hybridized carbons (Fsp3) is 0.250. The third-order valence-electron chi connectivity index (χ3n) is 5.74. The number of aryl methyl sites for hydroxylation is 1. The fourth-order valence-electron chi connectivity index (χ4n) is 4.22. The van der Waals surface area contributed by atoms with Gasteiger partial charge in [0.05, 0.1) is 27.5 Å². The summed E-state index contributed by atoms with van der Waals surface area (Å²) in [7, 11) is 1.69. The summed E-state index contributed by atoms with van der Waals surface area (Å²) in [6, 6.07) is 14.5. The molecule has 0 unspecified atom stereocenters. The van der Waals surface area contributed by atoms with Gasteiger partial charge in [-0.05, 0) is 55.5 Å². The van der Waals surface area contributed by atoms with Crippen LogP contribution in [-0.2, 0) is 12.8 Å². The summed E-state index contributed by atoms with van der Waals surface area (Å²) in [5, 5.41) is 6.88. The smallest absolute Gasteiger partial charge is 0.188 e. The number of hydrogen-bond acceptors (Lipinski definition) is 7. The number of benzene rings is 2. The standard InChI is InChI=1S/C24H21N3OS3/c1-28-14-11-12-20-17(13-14)26-24(31-20)27-23-21(15-7-3-2-4-9-18(15)29-23)22-25-16-8-5-6-10-19(16)30-22/h5-6,8,10-13H,2-4,7,9H2,1H3,(H,26,27). The fourth-order valence-corrected chi connectivity index (χ4v) is 7.53. The van der Waals surface area contributed by atoms with E-state index in [-0.39, 0.29) is 0 Å². The quantitative estimate of drug-likeness (QED) is 0.278. The first-order chi connectivity index (χ1) is 15.3. The van der Waals surface area contributed by atoms with Gasteiger partial charge in [-0.3, -0.25) is 0 Å². The number of methoxy groups -OCH3 is 1. The third-order valence-corrected chi connectivity index (χ3v) is 8.96. The van der Waals surface area contributed by atoms with E-state index in [0.29, 0.717) is 0 Å². The van der Waals surface area contributed by atoms with Gasteiger partial charge in [-0.15, -0.1) is 22.7 Å². The molecule has 1 aliphatic carbocycles. The zero-order valence-electron chi connectivity index (χ0n) is 17.1. The first-order valence-electron chi connectivity index (χ1n) is 10.5. The van der Waals surface area contributed by atoms with Gasteiger partial charge < -0.3 is 10.1 Å². The topological polar surface area (TPSA) is 47.0 Å². The number of para-hydroxylation sites is 1. The largest absolute Gasteiger partial charge is 0.497 e. The van der Waals surface area contributed by atoms with Crippen LogP contribution in [0, 0.1) is 0 Å². The van der Waals surface area contributed by atoms with E-state index in [0.717, 1.165) is 44.5 Å². The Kier molecular flexibility index (Phi) is 4.89. The molecule has 0 atom stereocenters. The number of nitrogens with one attached hydrogen (secondary N) is 1. The Bertz CT molecular complexity index is 1370. The van der Waals surface area contributed by atoms with Crippen LogP contribution in [0.2, 0.25) is 0 Å². The summed E-state index contributed by atoms with van der Waals surface area (Å²) >= 11 is 5.36. The van der Waals surface area contributed by atoms with Crippen LogP contribution in [0.4, 0.5) is 10.1 Å². The Morgan fingerprint density at radius 1 is 0.871 bits per heavy atom. The molecular formula is C24H21N3OS3. The molecule has 0 fully saturated rings. The highest BCUT2D eigenvalue weighted by atomic mass is 32.1. The first kappa shape index (κ1) is 19.2. The lowest BCUT2D eigenvalue weighted by Gasteiger charge is -2.05. The number of fused-ring (bicyclic) bond motifs is 3. The number of aromatic nitrogens is 2. The molecule has 0 spiro atoms. The summed E-state index contributed by atoms with van der Waals surface area (Å²) in [5.74, 6) is 0.836. The molecule has 0 amide bonds. The van der Waals surface area contributed by atoms with Gasteiger partial charge in [-0.25, -0.2) is 9.97 Å². The van der Waals surface area contributed by atoms with E-state index in [1.165, 1.54) is 45.0 Å². The Hall–Kier alpha value is -2.48. The van der Waals surface area contributed by atoms with Gasteiger partial charge in [0.15, 0.2) is 5.13 Å². The SMILES string of the molecule is COc1ccc2sc(Nc3sc4c(c3-c3nc5ccccc5s3)CCCCC4)nc2c1. The second kappa shape index (κ2) is 7.89. The van der Waals surface area contributed by atoms with E-state index in [4.69, 9.17) is 14.7 Å². The molecule has 4 nitrogen and oxygen atoms in total. The van der Waals surface area contributed by atoms with Crippen LogP contribution in [0.3, 0.4) is 0 Å². The van der Waals surface area contributed by atoms with E-state index >= 15 is 0 Å². The highest BCUT2D eigenvalue weighted by Crippen LogP contribution is 2.47. The molecule has 3 heterocycles. The van der Waals surface area contributed by atoms with Crippen LogP contribution < -0.4 is 10.1 Å². The predicted octanol–water partition coefficient (Wildman–Crippen LogP) is 7.66. The van der Waals surface area contributed by atoms with Crippen LogP contribution in [0.1, 0.15) is 29.7 Å². The van der Waals surface area contributed by atoms with Gasteiger partial charge in [0.2, 0.25) is 0 Å². The van der Waals surface area contributed by atoms with Crippen molar-refractivity contribution in [1.82, 2.24) is 9.97 Å². The van der Waals surface area contributed by atoms with Crippen molar-refractivity contribution in [3.63, 3.8) is 0 Å².